The molecule has 0 saturated heterocycles. The smallest absolute Gasteiger partial charge is 0.230 e. The summed E-state index contributed by atoms with van der Waals surface area (Å²) in [6.45, 7) is 0. The number of amides is 1. The fourth-order valence-electron chi connectivity index (χ4n) is 3.19. The van der Waals surface area contributed by atoms with E-state index in [0.29, 0.717) is 34.1 Å². The summed E-state index contributed by atoms with van der Waals surface area (Å²) in [6.07, 6.45) is 5.75. The van der Waals surface area contributed by atoms with Gasteiger partial charge in [-0.3, -0.25) is 4.79 Å². The van der Waals surface area contributed by atoms with Crippen molar-refractivity contribution in [2.75, 3.05) is 25.8 Å². The molecule has 0 atom stereocenters. The summed E-state index contributed by atoms with van der Waals surface area (Å²) in [6, 6.07) is 5.67. The second-order valence-corrected chi connectivity index (χ2v) is 7.38. The van der Waals surface area contributed by atoms with Crippen LogP contribution >= 0.6 is 11.8 Å². The molecule has 9 heteroatoms. The Bertz CT molecular complexity index is 789. The van der Waals surface area contributed by atoms with Gasteiger partial charge in [0.15, 0.2) is 5.82 Å². The molecule has 3 N–H and O–H groups in total. The average Bonchev–Trinajstić information content (AvgIpc) is 3.06. The van der Waals surface area contributed by atoms with Gasteiger partial charge in [-0.2, -0.15) is 0 Å². The number of nitrogens with two attached hydrogens (primary N) is 1. The van der Waals surface area contributed by atoms with Crippen LogP contribution in [0.5, 0.6) is 11.5 Å². The molecule has 146 valence electrons. The minimum absolute atomic E-state index is 0.00141. The van der Waals surface area contributed by atoms with Crippen molar-refractivity contribution in [2.24, 2.45) is 0 Å². The molecule has 8 nitrogen and oxygen atoms in total. The first-order chi connectivity index (χ1) is 13.1. The van der Waals surface area contributed by atoms with Crippen molar-refractivity contribution in [1.29, 1.82) is 0 Å². The van der Waals surface area contributed by atoms with Gasteiger partial charge in [-0.1, -0.05) is 31.0 Å². The maximum absolute atomic E-state index is 12.2. The Morgan fingerprint density at radius 1 is 1.26 bits per heavy atom. The minimum atomic E-state index is -0.00141. The van der Waals surface area contributed by atoms with E-state index in [9.17, 15) is 4.79 Å². The van der Waals surface area contributed by atoms with Crippen molar-refractivity contribution in [3.05, 3.63) is 18.2 Å². The zero-order chi connectivity index (χ0) is 19.2. The highest BCUT2D eigenvalue weighted by Gasteiger charge is 2.19. The van der Waals surface area contributed by atoms with E-state index in [0.717, 1.165) is 12.8 Å². The summed E-state index contributed by atoms with van der Waals surface area (Å²) in [5.41, 5.74) is 0.701. The fourth-order valence-corrected chi connectivity index (χ4v) is 3.86. The van der Waals surface area contributed by atoms with E-state index in [-0.39, 0.29) is 11.7 Å². The molecule has 1 aliphatic carbocycles. The number of nitrogens with one attached hydrogen (secondary N) is 1. The number of carbonyl (C=O) groups is 1. The van der Waals surface area contributed by atoms with Gasteiger partial charge in [0.2, 0.25) is 11.1 Å². The predicted molar refractivity (Wildman–Crippen MR) is 104 cm³/mol. The van der Waals surface area contributed by atoms with Gasteiger partial charge < -0.3 is 20.6 Å². The lowest BCUT2D eigenvalue weighted by molar-refractivity contribution is -0.119. The second kappa shape index (κ2) is 8.98. The van der Waals surface area contributed by atoms with Gasteiger partial charge >= 0.3 is 0 Å². The number of ether oxygens (including phenoxy) is 2. The maximum Gasteiger partial charge on any atom is 0.230 e. The zero-order valence-electron chi connectivity index (χ0n) is 15.6. The molecule has 0 spiro atoms. The van der Waals surface area contributed by atoms with Gasteiger partial charge in [-0.05, 0) is 25.0 Å². The van der Waals surface area contributed by atoms with Crippen molar-refractivity contribution in [3.63, 3.8) is 0 Å². The van der Waals surface area contributed by atoms with Crippen molar-refractivity contribution < 1.29 is 14.3 Å². The number of methoxy groups -OCH3 is 2. The summed E-state index contributed by atoms with van der Waals surface area (Å²) < 4.78 is 12.0. The Labute approximate surface area is 162 Å². The quantitative estimate of drug-likeness (QED) is 0.551. The molecule has 1 saturated carbocycles. The van der Waals surface area contributed by atoms with E-state index >= 15 is 0 Å². The van der Waals surface area contributed by atoms with Gasteiger partial charge in [-0.25, -0.2) is 4.68 Å². The molecule has 0 unspecified atom stereocenters. The van der Waals surface area contributed by atoms with Crippen LogP contribution < -0.4 is 20.6 Å². The molecule has 3 rings (SSSR count). The highest BCUT2D eigenvalue weighted by atomic mass is 32.2. The topological polar surface area (TPSA) is 104 Å². The van der Waals surface area contributed by atoms with E-state index < -0.39 is 0 Å². The number of hydrogen-bond donors (Lipinski definition) is 2. The monoisotopic (exact) mass is 391 g/mol. The number of rotatable bonds is 7. The van der Waals surface area contributed by atoms with Crippen molar-refractivity contribution in [2.45, 2.75) is 43.3 Å². The van der Waals surface area contributed by atoms with E-state index in [1.165, 1.54) is 35.7 Å². The lowest BCUT2D eigenvalue weighted by atomic mass is 9.95. The van der Waals surface area contributed by atoms with Gasteiger partial charge in [-0.15, -0.1) is 10.2 Å². The standard InChI is InChI=1S/C18H25N5O3S/c1-25-13-8-9-14(15(10-13)26-2)17-21-22-18(23(17)19)27-11-16(24)20-12-6-4-3-5-7-12/h8-10,12H,3-7,11,19H2,1-2H3,(H,20,24). The highest BCUT2D eigenvalue weighted by molar-refractivity contribution is 7.99. The van der Waals surface area contributed by atoms with Crippen LogP contribution in [-0.2, 0) is 4.79 Å². The SMILES string of the molecule is COc1ccc(-c2nnc(SCC(=O)NC3CCCCC3)n2N)c(OC)c1. The van der Waals surface area contributed by atoms with Gasteiger partial charge in [0.1, 0.15) is 11.5 Å². The number of hydrogen-bond acceptors (Lipinski definition) is 7. The Hall–Kier alpha value is -2.42. The summed E-state index contributed by atoms with van der Waals surface area (Å²) >= 11 is 1.27. The first kappa shape index (κ1) is 19.3. The number of nitrogens with zero attached hydrogens (tertiary/aromatic N) is 3. The molecule has 27 heavy (non-hydrogen) atoms. The molecule has 1 aliphatic rings. The van der Waals surface area contributed by atoms with Crippen molar-refractivity contribution in [1.82, 2.24) is 20.2 Å². The van der Waals surface area contributed by atoms with Gasteiger partial charge in [0.25, 0.3) is 0 Å². The van der Waals surface area contributed by atoms with Crippen LogP contribution in [0.2, 0.25) is 0 Å². The van der Waals surface area contributed by atoms with Crippen LogP contribution in [-0.4, -0.2) is 46.8 Å². The summed E-state index contributed by atoms with van der Waals surface area (Å²) in [5.74, 6) is 8.13. The number of thioether (sulfide) groups is 1. The van der Waals surface area contributed by atoms with Gasteiger partial charge in [0, 0.05) is 12.1 Å². The number of carbonyl (C=O) groups excluding carboxylic acids is 1. The van der Waals surface area contributed by atoms with Crippen molar-refractivity contribution >= 4 is 17.7 Å². The lowest BCUT2D eigenvalue weighted by Crippen LogP contribution is -2.37. The summed E-state index contributed by atoms with van der Waals surface area (Å²) in [4.78, 5) is 12.2. The molecule has 0 bridgehead atoms. The molecular formula is C18H25N5O3S. The fraction of sp³-hybridized carbons (Fsp3) is 0.500. The first-order valence-electron chi connectivity index (χ1n) is 8.97. The highest BCUT2D eigenvalue weighted by Crippen LogP contribution is 2.32. The number of benzene rings is 1. The van der Waals surface area contributed by atoms with E-state index in [1.54, 1.807) is 26.4 Å². The average molecular weight is 391 g/mol. The Morgan fingerprint density at radius 3 is 2.74 bits per heavy atom. The van der Waals surface area contributed by atoms with E-state index in [2.05, 4.69) is 15.5 Å². The Balaban J connectivity index is 1.66. The molecule has 0 aliphatic heterocycles. The zero-order valence-corrected chi connectivity index (χ0v) is 16.4. The van der Waals surface area contributed by atoms with Crippen LogP contribution in [0, 0.1) is 0 Å². The van der Waals surface area contributed by atoms with Crippen LogP contribution in [0.15, 0.2) is 23.4 Å². The minimum Gasteiger partial charge on any atom is -0.497 e. The maximum atomic E-state index is 12.2. The van der Waals surface area contributed by atoms with Crippen LogP contribution in [0.1, 0.15) is 32.1 Å². The molecule has 1 heterocycles. The third-order valence-electron chi connectivity index (χ3n) is 4.62. The summed E-state index contributed by atoms with van der Waals surface area (Å²) in [5, 5.41) is 11.8. The predicted octanol–water partition coefficient (Wildman–Crippen LogP) is 2.22. The Kier molecular flexibility index (Phi) is 6.44. The number of aromatic nitrogens is 3. The largest absolute Gasteiger partial charge is 0.497 e. The van der Waals surface area contributed by atoms with E-state index in [1.807, 2.05) is 6.07 Å². The van der Waals surface area contributed by atoms with Crippen molar-refractivity contribution in [3.8, 4) is 22.9 Å². The molecule has 1 fully saturated rings. The van der Waals surface area contributed by atoms with Gasteiger partial charge in [0.05, 0.1) is 25.5 Å². The Morgan fingerprint density at radius 2 is 2.04 bits per heavy atom. The summed E-state index contributed by atoms with van der Waals surface area (Å²) in [7, 11) is 3.16. The normalized spacial score (nSPS) is 14.7. The molecule has 2 aromatic rings. The second-order valence-electron chi connectivity index (χ2n) is 6.43. The molecule has 1 aromatic carbocycles. The molecular weight excluding hydrogens is 366 g/mol. The molecule has 0 radical (unpaired) electrons. The lowest BCUT2D eigenvalue weighted by Gasteiger charge is -2.22. The van der Waals surface area contributed by atoms with Crippen LogP contribution in [0.25, 0.3) is 11.4 Å². The molecule has 1 amide bonds. The van der Waals surface area contributed by atoms with Crippen LogP contribution in [0.4, 0.5) is 0 Å². The number of nitrogen functional groups attached to an aromatic ring is 1. The first-order valence-corrected chi connectivity index (χ1v) is 9.96. The third-order valence-corrected chi connectivity index (χ3v) is 5.56. The van der Waals surface area contributed by atoms with Crippen LogP contribution in [0.3, 0.4) is 0 Å². The third kappa shape index (κ3) is 4.65. The molecule has 1 aromatic heterocycles. The van der Waals surface area contributed by atoms with E-state index in [4.69, 9.17) is 15.3 Å².